The fourth-order valence-electron chi connectivity index (χ4n) is 1.15. The Balaban J connectivity index is 2.26. The SMILES string of the molecule is CC(C)[C@H](N)C(=O)NC1CCC1. The van der Waals surface area contributed by atoms with Crippen molar-refractivity contribution in [1.29, 1.82) is 0 Å². The number of carbonyl (C=O) groups excluding carboxylic acids is 1. The van der Waals surface area contributed by atoms with Crippen LogP contribution in [-0.4, -0.2) is 18.0 Å². The summed E-state index contributed by atoms with van der Waals surface area (Å²) in [5.74, 6) is 0.236. The van der Waals surface area contributed by atoms with Gasteiger partial charge in [-0.1, -0.05) is 13.8 Å². The first-order valence-corrected chi connectivity index (χ1v) is 4.67. The second-order valence-electron chi connectivity index (χ2n) is 3.91. The number of hydrogen-bond acceptors (Lipinski definition) is 2. The number of rotatable bonds is 3. The third-order valence-electron chi connectivity index (χ3n) is 2.47. The molecule has 0 radical (unpaired) electrons. The Morgan fingerprint density at radius 1 is 1.50 bits per heavy atom. The highest BCUT2D eigenvalue weighted by atomic mass is 16.2. The molecule has 1 saturated carbocycles. The van der Waals surface area contributed by atoms with Gasteiger partial charge in [-0.2, -0.15) is 0 Å². The lowest BCUT2D eigenvalue weighted by Crippen LogP contribution is -2.49. The molecule has 1 aliphatic carbocycles. The number of nitrogens with one attached hydrogen (secondary N) is 1. The molecule has 0 spiro atoms. The highest BCUT2D eigenvalue weighted by Crippen LogP contribution is 2.18. The summed E-state index contributed by atoms with van der Waals surface area (Å²) >= 11 is 0. The summed E-state index contributed by atoms with van der Waals surface area (Å²) in [5.41, 5.74) is 5.68. The maximum absolute atomic E-state index is 11.4. The molecule has 1 atom stereocenters. The number of nitrogens with two attached hydrogens (primary N) is 1. The molecule has 0 aliphatic heterocycles. The van der Waals surface area contributed by atoms with E-state index in [2.05, 4.69) is 5.32 Å². The van der Waals surface area contributed by atoms with Crippen molar-refractivity contribution in [2.24, 2.45) is 11.7 Å². The van der Waals surface area contributed by atoms with Gasteiger partial charge in [-0.3, -0.25) is 4.79 Å². The average Bonchev–Trinajstić information content (AvgIpc) is 1.94. The molecule has 3 N–H and O–H groups in total. The lowest BCUT2D eigenvalue weighted by Gasteiger charge is -2.28. The Morgan fingerprint density at radius 3 is 2.42 bits per heavy atom. The summed E-state index contributed by atoms with van der Waals surface area (Å²) in [7, 11) is 0. The van der Waals surface area contributed by atoms with Gasteiger partial charge in [0, 0.05) is 6.04 Å². The monoisotopic (exact) mass is 170 g/mol. The predicted molar refractivity (Wildman–Crippen MR) is 48.6 cm³/mol. The molecule has 3 heteroatoms. The Bertz CT molecular complexity index is 164. The minimum Gasteiger partial charge on any atom is -0.352 e. The minimum absolute atomic E-state index is 0.00898. The largest absolute Gasteiger partial charge is 0.352 e. The maximum atomic E-state index is 11.4. The van der Waals surface area contributed by atoms with E-state index in [0.29, 0.717) is 6.04 Å². The maximum Gasteiger partial charge on any atom is 0.237 e. The van der Waals surface area contributed by atoms with Crippen LogP contribution < -0.4 is 11.1 Å². The van der Waals surface area contributed by atoms with E-state index in [1.807, 2.05) is 13.8 Å². The Kier molecular flexibility index (Phi) is 3.09. The molecule has 0 heterocycles. The van der Waals surface area contributed by atoms with Crippen molar-refractivity contribution in [2.45, 2.75) is 45.2 Å². The summed E-state index contributed by atoms with van der Waals surface area (Å²) in [6.45, 7) is 3.93. The van der Waals surface area contributed by atoms with Gasteiger partial charge >= 0.3 is 0 Å². The van der Waals surface area contributed by atoms with Gasteiger partial charge in [0.2, 0.25) is 5.91 Å². The van der Waals surface area contributed by atoms with E-state index in [1.165, 1.54) is 6.42 Å². The van der Waals surface area contributed by atoms with Crippen LogP contribution in [0.1, 0.15) is 33.1 Å². The van der Waals surface area contributed by atoms with E-state index in [4.69, 9.17) is 5.73 Å². The van der Waals surface area contributed by atoms with Gasteiger partial charge in [-0.25, -0.2) is 0 Å². The molecule has 3 nitrogen and oxygen atoms in total. The molecule has 1 rings (SSSR count). The van der Waals surface area contributed by atoms with Crippen LogP contribution in [0.25, 0.3) is 0 Å². The van der Waals surface area contributed by atoms with Crippen molar-refractivity contribution in [3.8, 4) is 0 Å². The van der Waals surface area contributed by atoms with Crippen molar-refractivity contribution in [2.75, 3.05) is 0 Å². The van der Waals surface area contributed by atoms with Crippen LogP contribution in [0.15, 0.2) is 0 Å². The normalized spacial score (nSPS) is 20.3. The van der Waals surface area contributed by atoms with Crippen LogP contribution >= 0.6 is 0 Å². The number of carbonyl (C=O) groups is 1. The predicted octanol–water partition coefficient (Wildman–Crippen LogP) is 0.638. The van der Waals surface area contributed by atoms with E-state index in [0.717, 1.165) is 12.8 Å². The zero-order valence-electron chi connectivity index (χ0n) is 7.84. The lowest BCUT2D eigenvalue weighted by molar-refractivity contribution is -0.124. The van der Waals surface area contributed by atoms with Gasteiger partial charge in [0.25, 0.3) is 0 Å². The summed E-state index contributed by atoms with van der Waals surface area (Å²) in [6.07, 6.45) is 3.48. The van der Waals surface area contributed by atoms with Crippen LogP contribution in [-0.2, 0) is 4.79 Å². The van der Waals surface area contributed by atoms with E-state index in [1.54, 1.807) is 0 Å². The van der Waals surface area contributed by atoms with Crippen molar-refractivity contribution >= 4 is 5.91 Å². The quantitative estimate of drug-likeness (QED) is 0.653. The zero-order chi connectivity index (χ0) is 9.14. The molecule has 0 bridgehead atoms. The molecule has 1 fully saturated rings. The van der Waals surface area contributed by atoms with E-state index in [-0.39, 0.29) is 17.9 Å². The van der Waals surface area contributed by atoms with Crippen LogP contribution in [0.2, 0.25) is 0 Å². The first-order chi connectivity index (χ1) is 5.61. The second-order valence-corrected chi connectivity index (χ2v) is 3.91. The van der Waals surface area contributed by atoms with Gasteiger partial charge in [0.05, 0.1) is 6.04 Å². The average molecular weight is 170 g/mol. The molecule has 0 aromatic heterocycles. The van der Waals surface area contributed by atoms with Crippen molar-refractivity contribution in [3.63, 3.8) is 0 Å². The number of hydrogen-bond donors (Lipinski definition) is 2. The topological polar surface area (TPSA) is 55.1 Å². The molecular weight excluding hydrogens is 152 g/mol. The van der Waals surface area contributed by atoms with Gasteiger partial charge in [-0.15, -0.1) is 0 Å². The smallest absolute Gasteiger partial charge is 0.237 e. The molecule has 0 unspecified atom stereocenters. The first kappa shape index (κ1) is 9.52. The lowest BCUT2D eigenvalue weighted by atomic mass is 9.92. The highest BCUT2D eigenvalue weighted by molar-refractivity contribution is 5.82. The van der Waals surface area contributed by atoms with Gasteiger partial charge in [0.15, 0.2) is 0 Å². The van der Waals surface area contributed by atoms with E-state index in [9.17, 15) is 4.79 Å². The molecule has 0 saturated heterocycles. The summed E-state index contributed by atoms with van der Waals surface area (Å²) < 4.78 is 0. The zero-order valence-corrected chi connectivity index (χ0v) is 7.84. The second kappa shape index (κ2) is 3.90. The fraction of sp³-hybridized carbons (Fsp3) is 0.889. The summed E-state index contributed by atoms with van der Waals surface area (Å²) in [6, 6.07) is 0.0629. The first-order valence-electron chi connectivity index (χ1n) is 4.67. The van der Waals surface area contributed by atoms with Crippen molar-refractivity contribution < 1.29 is 4.79 Å². The summed E-state index contributed by atoms with van der Waals surface area (Å²) in [5, 5.41) is 2.93. The molecule has 0 aromatic rings. The van der Waals surface area contributed by atoms with Crippen molar-refractivity contribution in [3.05, 3.63) is 0 Å². The van der Waals surface area contributed by atoms with Crippen LogP contribution in [0.3, 0.4) is 0 Å². The summed E-state index contributed by atoms with van der Waals surface area (Å²) in [4.78, 5) is 11.4. The number of amides is 1. The molecule has 12 heavy (non-hydrogen) atoms. The van der Waals surface area contributed by atoms with Gasteiger partial charge in [-0.05, 0) is 25.2 Å². The Hall–Kier alpha value is -0.570. The third-order valence-corrected chi connectivity index (χ3v) is 2.47. The Morgan fingerprint density at radius 2 is 2.08 bits per heavy atom. The van der Waals surface area contributed by atoms with Crippen LogP contribution in [0.5, 0.6) is 0 Å². The van der Waals surface area contributed by atoms with Gasteiger partial charge < -0.3 is 11.1 Å². The molecule has 1 aliphatic rings. The minimum atomic E-state index is -0.342. The highest BCUT2D eigenvalue weighted by Gasteiger charge is 2.23. The fourth-order valence-corrected chi connectivity index (χ4v) is 1.15. The molecular formula is C9H18N2O. The standard InChI is InChI=1S/C9H18N2O/c1-6(2)8(10)9(12)11-7-4-3-5-7/h6-8H,3-5,10H2,1-2H3,(H,11,12)/t8-/m0/s1. The van der Waals surface area contributed by atoms with Crippen molar-refractivity contribution in [1.82, 2.24) is 5.32 Å². The van der Waals surface area contributed by atoms with E-state index < -0.39 is 0 Å². The van der Waals surface area contributed by atoms with Crippen LogP contribution in [0, 0.1) is 5.92 Å². The third kappa shape index (κ3) is 2.21. The molecule has 70 valence electrons. The van der Waals surface area contributed by atoms with Crippen LogP contribution in [0.4, 0.5) is 0 Å². The molecule has 1 amide bonds. The Labute approximate surface area is 73.7 Å². The van der Waals surface area contributed by atoms with Gasteiger partial charge in [0.1, 0.15) is 0 Å². The van der Waals surface area contributed by atoms with E-state index >= 15 is 0 Å². The molecule has 0 aromatic carbocycles.